The molecular weight excluding hydrogens is 398 g/mol. The number of halogens is 4. The maximum atomic E-state index is 13.4. The van der Waals surface area contributed by atoms with Crippen LogP contribution in [0.1, 0.15) is 0 Å². The van der Waals surface area contributed by atoms with E-state index in [2.05, 4.69) is 37.2 Å². The summed E-state index contributed by atoms with van der Waals surface area (Å²) in [5.74, 6) is -0.946. The van der Waals surface area contributed by atoms with E-state index in [4.69, 9.17) is 10.5 Å². The summed E-state index contributed by atoms with van der Waals surface area (Å²) in [5.41, 5.74) is 6.15. The van der Waals surface area contributed by atoms with Crippen molar-refractivity contribution >= 4 is 48.9 Å². The summed E-state index contributed by atoms with van der Waals surface area (Å²) in [6.07, 6.45) is 0. The number of rotatable bonds is 3. The Bertz CT molecular complexity index is 665. The van der Waals surface area contributed by atoms with Crippen molar-refractivity contribution in [2.45, 2.75) is 0 Å². The van der Waals surface area contributed by atoms with E-state index in [-0.39, 0.29) is 11.4 Å². The molecule has 2 rings (SSSR count). The lowest BCUT2D eigenvalue weighted by Gasteiger charge is -2.14. The summed E-state index contributed by atoms with van der Waals surface area (Å²) < 4.78 is 33.2. The van der Waals surface area contributed by atoms with Crippen LogP contribution in [0.4, 0.5) is 25.8 Å². The molecule has 2 aromatic rings. The minimum absolute atomic E-state index is 0.146. The van der Waals surface area contributed by atoms with Gasteiger partial charge in [-0.15, -0.1) is 0 Å². The highest BCUT2D eigenvalue weighted by Crippen LogP contribution is 2.37. The molecule has 7 heteroatoms. The number of nitrogens with two attached hydrogens (primary N) is 1. The summed E-state index contributed by atoms with van der Waals surface area (Å²) in [7, 11) is 1.52. The van der Waals surface area contributed by atoms with Crippen molar-refractivity contribution in [3.05, 3.63) is 44.8 Å². The molecule has 0 aliphatic heterocycles. The molecule has 106 valence electrons. The van der Waals surface area contributed by atoms with Crippen LogP contribution in [0.3, 0.4) is 0 Å². The van der Waals surface area contributed by atoms with Gasteiger partial charge in [0.15, 0.2) is 5.82 Å². The highest BCUT2D eigenvalue weighted by Gasteiger charge is 2.12. The van der Waals surface area contributed by atoms with Gasteiger partial charge in [-0.2, -0.15) is 0 Å². The van der Waals surface area contributed by atoms with E-state index < -0.39 is 11.6 Å². The van der Waals surface area contributed by atoms with Crippen LogP contribution in [-0.4, -0.2) is 7.11 Å². The van der Waals surface area contributed by atoms with E-state index in [0.29, 0.717) is 15.9 Å². The van der Waals surface area contributed by atoms with Crippen LogP contribution in [-0.2, 0) is 0 Å². The largest absolute Gasteiger partial charge is 0.495 e. The van der Waals surface area contributed by atoms with E-state index in [1.165, 1.54) is 7.11 Å². The average molecular weight is 408 g/mol. The van der Waals surface area contributed by atoms with Crippen molar-refractivity contribution in [1.82, 2.24) is 0 Å². The van der Waals surface area contributed by atoms with Crippen LogP contribution in [0.25, 0.3) is 0 Å². The molecule has 0 saturated carbocycles. The maximum absolute atomic E-state index is 13.4. The van der Waals surface area contributed by atoms with Crippen LogP contribution in [0, 0.1) is 11.6 Å². The third-order valence-electron chi connectivity index (χ3n) is 2.61. The van der Waals surface area contributed by atoms with E-state index in [9.17, 15) is 8.78 Å². The smallest absolute Gasteiger partial charge is 0.151 e. The Labute approximate surface area is 131 Å². The zero-order valence-corrected chi connectivity index (χ0v) is 13.5. The zero-order chi connectivity index (χ0) is 14.9. The third-order valence-corrected chi connectivity index (χ3v) is 3.88. The van der Waals surface area contributed by atoms with Gasteiger partial charge < -0.3 is 15.8 Å². The summed E-state index contributed by atoms with van der Waals surface area (Å²) in [6.45, 7) is 0. The minimum Gasteiger partial charge on any atom is -0.495 e. The van der Waals surface area contributed by atoms with Gasteiger partial charge in [-0.05, 0) is 44.0 Å². The van der Waals surface area contributed by atoms with Crippen molar-refractivity contribution < 1.29 is 13.5 Å². The van der Waals surface area contributed by atoms with Gasteiger partial charge in [-0.3, -0.25) is 0 Å². The monoisotopic (exact) mass is 406 g/mol. The first kappa shape index (κ1) is 15.1. The van der Waals surface area contributed by atoms with Crippen LogP contribution in [0.5, 0.6) is 5.75 Å². The molecule has 2 aromatic carbocycles. The predicted octanol–water partition coefficient (Wildman–Crippen LogP) is 4.82. The lowest BCUT2D eigenvalue weighted by atomic mass is 10.2. The molecule has 0 fully saturated rings. The number of nitrogen functional groups attached to an aromatic ring is 1. The maximum Gasteiger partial charge on any atom is 0.151 e. The molecular formula is C13H10Br2F2N2O. The molecule has 0 radical (unpaired) electrons. The van der Waals surface area contributed by atoms with Gasteiger partial charge in [0.05, 0.1) is 28.6 Å². The van der Waals surface area contributed by atoms with Gasteiger partial charge in [0, 0.05) is 16.6 Å². The average Bonchev–Trinajstić information content (AvgIpc) is 2.38. The highest BCUT2D eigenvalue weighted by molar-refractivity contribution is 9.11. The summed E-state index contributed by atoms with van der Waals surface area (Å²) in [5, 5.41) is 2.87. The Balaban J connectivity index is 2.45. The number of hydrogen-bond donors (Lipinski definition) is 2. The first-order valence-corrected chi connectivity index (χ1v) is 7.05. The zero-order valence-electron chi connectivity index (χ0n) is 10.3. The standard InChI is InChI=1S/C13H10Br2F2N2O/c1-20-12-5-10(7(14)4-8(12)15)19-11-3-6(16)2-9(17)13(11)18/h2-5,19H,18H2,1H3. The van der Waals surface area contributed by atoms with Gasteiger partial charge >= 0.3 is 0 Å². The number of nitrogens with one attached hydrogen (secondary N) is 1. The predicted molar refractivity (Wildman–Crippen MR) is 82.4 cm³/mol. The molecule has 0 atom stereocenters. The van der Waals surface area contributed by atoms with Crippen molar-refractivity contribution in [2.24, 2.45) is 0 Å². The van der Waals surface area contributed by atoms with E-state index in [1.807, 2.05) is 0 Å². The molecule has 0 bridgehead atoms. The first-order chi connectivity index (χ1) is 9.42. The Morgan fingerprint density at radius 1 is 1.05 bits per heavy atom. The Morgan fingerprint density at radius 2 is 1.75 bits per heavy atom. The van der Waals surface area contributed by atoms with Gasteiger partial charge in [0.1, 0.15) is 11.6 Å². The minimum atomic E-state index is -0.812. The van der Waals surface area contributed by atoms with Gasteiger partial charge in [0.25, 0.3) is 0 Å². The number of anilines is 3. The van der Waals surface area contributed by atoms with Gasteiger partial charge in [0.2, 0.25) is 0 Å². The number of hydrogen-bond acceptors (Lipinski definition) is 3. The van der Waals surface area contributed by atoms with Crippen molar-refractivity contribution in [3.63, 3.8) is 0 Å². The normalized spacial score (nSPS) is 10.4. The molecule has 0 aromatic heterocycles. The molecule has 0 aliphatic carbocycles. The molecule has 0 aliphatic rings. The first-order valence-electron chi connectivity index (χ1n) is 5.47. The van der Waals surface area contributed by atoms with E-state index in [0.717, 1.165) is 16.6 Å². The molecule has 0 amide bonds. The second-order valence-corrected chi connectivity index (χ2v) is 5.65. The molecule has 0 heterocycles. The molecule has 3 N–H and O–H groups in total. The summed E-state index contributed by atoms with van der Waals surface area (Å²) in [6, 6.07) is 5.29. The third kappa shape index (κ3) is 3.04. The quantitative estimate of drug-likeness (QED) is 0.716. The number of ether oxygens (including phenoxy) is 1. The van der Waals surface area contributed by atoms with Crippen LogP contribution >= 0.6 is 31.9 Å². The second kappa shape index (κ2) is 5.97. The lowest BCUT2D eigenvalue weighted by molar-refractivity contribution is 0.412. The fraction of sp³-hybridized carbons (Fsp3) is 0.0769. The SMILES string of the molecule is COc1cc(Nc2cc(F)cc(F)c2N)c(Br)cc1Br. The van der Waals surface area contributed by atoms with Crippen molar-refractivity contribution in [3.8, 4) is 5.75 Å². The van der Waals surface area contributed by atoms with Crippen LogP contribution in [0.15, 0.2) is 33.2 Å². The molecule has 0 unspecified atom stereocenters. The summed E-state index contributed by atoms with van der Waals surface area (Å²) in [4.78, 5) is 0. The lowest BCUT2D eigenvalue weighted by Crippen LogP contribution is -2.01. The van der Waals surface area contributed by atoms with Gasteiger partial charge in [-0.1, -0.05) is 0 Å². The number of methoxy groups -OCH3 is 1. The van der Waals surface area contributed by atoms with Gasteiger partial charge in [-0.25, -0.2) is 8.78 Å². The number of benzene rings is 2. The Hall–Kier alpha value is -1.34. The fourth-order valence-electron chi connectivity index (χ4n) is 1.61. The van der Waals surface area contributed by atoms with Crippen molar-refractivity contribution in [2.75, 3.05) is 18.2 Å². The molecule has 0 spiro atoms. The molecule has 20 heavy (non-hydrogen) atoms. The van der Waals surface area contributed by atoms with Crippen LogP contribution < -0.4 is 15.8 Å². The van der Waals surface area contributed by atoms with E-state index in [1.54, 1.807) is 12.1 Å². The summed E-state index contributed by atoms with van der Waals surface area (Å²) >= 11 is 6.69. The Kier molecular flexibility index (Phi) is 4.49. The highest BCUT2D eigenvalue weighted by atomic mass is 79.9. The van der Waals surface area contributed by atoms with Crippen molar-refractivity contribution in [1.29, 1.82) is 0 Å². The Morgan fingerprint density at radius 3 is 2.40 bits per heavy atom. The van der Waals surface area contributed by atoms with E-state index >= 15 is 0 Å². The second-order valence-electron chi connectivity index (χ2n) is 3.94. The fourth-order valence-corrected chi connectivity index (χ4v) is 2.87. The molecule has 0 saturated heterocycles. The molecule has 3 nitrogen and oxygen atoms in total. The van der Waals surface area contributed by atoms with Crippen LogP contribution in [0.2, 0.25) is 0 Å². The topological polar surface area (TPSA) is 47.3 Å².